The minimum atomic E-state index is 0.229. The standard InChI is InChI=1S/C5H10Si/c1-3-4-5-6-2/h5-6H2,1-2H3. The normalized spacial score (nSPS) is 8.33. The van der Waals surface area contributed by atoms with Crippen molar-refractivity contribution in [3.05, 3.63) is 0 Å². The summed E-state index contributed by atoms with van der Waals surface area (Å²) in [6.45, 7) is 4.16. The molecule has 0 aromatic heterocycles. The summed E-state index contributed by atoms with van der Waals surface area (Å²) in [5.41, 5.74) is 0. The number of hydrogen-bond acceptors (Lipinski definition) is 0. The van der Waals surface area contributed by atoms with Crippen molar-refractivity contribution in [1.29, 1.82) is 0 Å². The molecule has 6 heavy (non-hydrogen) atoms. The van der Waals surface area contributed by atoms with E-state index in [2.05, 4.69) is 18.4 Å². The topological polar surface area (TPSA) is 0 Å². The van der Waals surface area contributed by atoms with E-state index in [0.29, 0.717) is 0 Å². The minimum Gasteiger partial charge on any atom is -0.107 e. The van der Waals surface area contributed by atoms with E-state index in [4.69, 9.17) is 0 Å². The lowest BCUT2D eigenvalue weighted by molar-refractivity contribution is 1.76. The Morgan fingerprint density at radius 3 is 2.50 bits per heavy atom. The third-order valence-corrected chi connectivity index (χ3v) is 1.30. The highest BCUT2D eigenvalue weighted by molar-refractivity contribution is 6.34. The highest BCUT2D eigenvalue weighted by Crippen LogP contribution is 1.68. The lowest BCUT2D eigenvalue weighted by atomic mass is 10.7. The lowest BCUT2D eigenvalue weighted by Crippen LogP contribution is -1.71. The largest absolute Gasteiger partial charge is 0.107 e. The first-order valence-electron chi connectivity index (χ1n) is 2.31. The van der Waals surface area contributed by atoms with Gasteiger partial charge < -0.3 is 0 Å². The van der Waals surface area contributed by atoms with E-state index < -0.39 is 0 Å². The van der Waals surface area contributed by atoms with Crippen LogP contribution in [0.2, 0.25) is 12.6 Å². The second-order valence-electron chi connectivity index (χ2n) is 1.18. The molecule has 0 fully saturated rings. The number of hydrogen-bond donors (Lipinski definition) is 0. The molecule has 0 saturated heterocycles. The summed E-state index contributed by atoms with van der Waals surface area (Å²) < 4.78 is 0. The maximum absolute atomic E-state index is 3.01. The van der Waals surface area contributed by atoms with Gasteiger partial charge in [0.2, 0.25) is 0 Å². The molecule has 1 heteroatoms. The van der Waals surface area contributed by atoms with Gasteiger partial charge >= 0.3 is 0 Å². The van der Waals surface area contributed by atoms with Gasteiger partial charge in [-0.2, -0.15) is 0 Å². The molecule has 0 aliphatic carbocycles. The van der Waals surface area contributed by atoms with E-state index in [0.717, 1.165) is 0 Å². The van der Waals surface area contributed by atoms with Gasteiger partial charge in [0, 0.05) is 9.52 Å². The molecular formula is C5H10Si. The fourth-order valence-corrected chi connectivity index (χ4v) is 0.750. The monoisotopic (exact) mass is 98.1 g/mol. The second-order valence-corrected chi connectivity index (χ2v) is 2.68. The molecule has 0 atom stereocenters. The molecule has 0 radical (unpaired) electrons. The Bertz CT molecular complexity index is 65.7. The van der Waals surface area contributed by atoms with Crippen molar-refractivity contribution in [1.82, 2.24) is 0 Å². The molecule has 0 nitrogen and oxygen atoms in total. The van der Waals surface area contributed by atoms with Crippen LogP contribution in [0.3, 0.4) is 0 Å². The van der Waals surface area contributed by atoms with E-state index in [1.54, 1.807) is 0 Å². The summed E-state index contributed by atoms with van der Waals surface area (Å²) in [5.74, 6) is 5.86. The van der Waals surface area contributed by atoms with Gasteiger partial charge in [-0.15, -0.1) is 11.8 Å². The van der Waals surface area contributed by atoms with E-state index >= 15 is 0 Å². The number of rotatable bonds is 1. The Balaban J connectivity index is 2.79. The lowest BCUT2D eigenvalue weighted by Gasteiger charge is -1.70. The first kappa shape index (κ1) is 5.78. The predicted octanol–water partition coefficient (Wildman–Crippen LogP) is 0.645. The molecule has 0 aromatic rings. The molecule has 0 amide bonds. The summed E-state index contributed by atoms with van der Waals surface area (Å²) in [4.78, 5) is 0. The zero-order chi connectivity index (χ0) is 4.83. The van der Waals surface area contributed by atoms with Crippen LogP contribution in [0.15, 0.2) is 0 Å². The van der Waals surface area contributed by atoms with Crippen LogP contribution < -0.4 is 0 Å². The van der Waals surface area contributed by atoms with Crippen molar-refractivity contribution in [3.63, 3.8) is 0 Å². The molecular weight excluding hydrogens is 88.1 g/mol. The molecule has 0 spiro atoms. The summed E-state index contributed by atoms with van der Waals surface area (Å²) in [6.07, 6.45) is 0. The van der Waals surface area contributed by atoms with Crippen LogP contribution in [0.5, 0.6) is 0 Å². The zero-order valence-corrected chi connectivity index (χ0v) is 5.83. The van der Waals surface area contributed by atoms with E-state index in [9.17, 15) is 0 Å². The average molecular weight is 98.2 g/mol. The molecule has 0 bridgehead atoms. The molecule has 0 aromatic carbocycles. The SMILES string of the molecule is CC#CC[SiH2]C. The van der Waals surface area contributed by atoms with Crippen LogP contribution >= 0.6 is 0 Å². The van der Waals surface area contributed by atoms with Crippen molar-refractivity contribution >= 4 is 9.52 Å². The van der Waals surface area contributed by atoms with Gasteiger partial charge in [0.05, 0.1) is 0 Å². The zero-order valence-electron chi connectivity index (χ0n) is 4.41. The molecule has 0 saturated carbocycles. The van der Waals surface area contributed by atoms with Crippen LogP contribution in [0.4, 0.5) is 0 Å². The molecule has 0 unspecified atom stereocenters. The molecule has 0 aliphatic rings. The van der Waals surface area contributed by atoms with Crippen LogP contribution in [-0.2, 0) is 0 Å². The van der Waals surface area contributed by atoms with Gasteiger partial charge in [-0.3, -0.25) is 0 Å². The molecule has 0 aliphatic heterocycles. The Labute approximate surface area is 41.8 Å². The predicted molar refractivity (Wildman–Crippen MR) is 32.7 cm³/mol. The second kappa shape index (κ2) is 4.78. The van der Waals surface area contributed by atoms with Crippen LogP contribution in [-0.4, -0.2) is 9.52 Å². The Kier molecular flexibility index (Phi) is 4.60. The summed E-state index contributed by atoms with van der Waals surface area (Å²) >= 11 is 0. The fourth-order valence-electron chi connectivity index (χ4n) is 0.250. The van der Waals surface area contributed by atoms with E-state index in [-0.39, 0.29) is 9.52 Å². The Morgan fingerprint density at radius 1 is 1.67 bits per heavy atom. The Hall–Kier alpha value is -0.223. The summed E-state index contributed by atoms with van der Waals surface area (Å²) in [5, 5.41) is 0. The minimum absolute atomic E-state index is 0.229. The molecule has 0 N–H and O–H groups in total. The molecule has 0 heterocycles. The quantitative estimate of drug-likeness (QED) is 0.333. The first-order chi connectivity index (χ1) is 2.91. The van der Waals surface area contributed by atoms with E-state index in [1.807, 2.05) is 6.92 Å². The highest BCUT2D eigenvalue weighted by atomic mass is 28.2. The molecule has 34 valence electrons. The van der Waals surface area contributed by atoms with Gasteiger partial charge in [-0.05, 0) is 13.0 Å². The van der Waals surface area contributed by atoms with Gasteiger partial charge in [0.1, 0.15) is 0 Å². The van der Waals surface area contributed by atoms with Crippen LogP contribution in [0, 0.1) is 11.8 Å². The van der Waals surface area contributed by atoms with Gasteiger partial charge in [-0.1, -0.05) is 6.55 Å². The van der Waals surface area contributed by atoms with Crippen LogP contribution in [0.25, 0.3) is 0 Å². The third kappa shape index (κ3) is 3.78. The smallest absolute Gasteiger partial charge is 0.0312 e. The van der Waals surface area contributed by atoms with Crippen molar-refractivity contribution in [2.45, 2.75) is 19.5 Å². The maximum atomic E-state index is 3.01. The van der Waals surface area contributed by atoms with Crippen molar-refractivity contribution < 1.29 is 0 Å². The van der Waals surface area contributed by atoms with Crippen molar-refractivity contribution in [2.75, 3.05) is 0 Å². The summed E-state index contributed by atoms with van der Waals surface area (Å²) in [6, 6.07) is 1.19. The fraction of sp³-hybridized carbons (Fsp3) is 0.600. The average Bonchev–Trinajstić information content (AvgIpc) is 1.61. The Morgan fingerprint density at radius 2 is 2.33 bits per heavy atom. The molecule has 0 rings (SSSR count). The third-order valence-electron chi connectivity index (χ3n) is 0.552. The van der Waals surface area contributed by atoms with E-state index in [1.165, 1.54) is 6.04 Å². The summed E-state index contributed by atoms with van der Waals surface area (Å²) in [7, 11) is 0.229. The maximum Gasteiger partial charge on any atom is 0.0312 e. The van der Waals surface area contributed by atoms with Crippen LogP contribution in [0.1, 0.15) is 6.92 Å². The van der Waals surface area contributed by atoms with Gasteiger partial charge in [-0.25, -0.2) is 0 Å². The van der Waals surface area contributed by atoms with Crippen molar-refractivity contribution in [3.8, 4) is 11.8 Å². The van der Waals surface area contributed by atoms with Gasteiger partial charge in [0.25, 0.3) is 0 Å². The van der Waals surface area contributed by atoms with Crippen molar-refractivity contribution in [2.24, 2.45) is 0 Å². The highest BCUT2D eigenvalue weighted by Gasteiger charge is 1.65. The first-order valence-corrected chi connectivity index (χ1v) is 4.72. The van der Waals surface area contributed by atoms with Gasteiger partial charge in [0.15, 0.2) is 0 Å².